The number of carbonyl (C=O) groups is 1. The second-order valence-electron chi connectivity index (χ2n) is 3.17. The van der Waals surface area contributed by atoms with E-state index in [0.717, 1.165) is 18.2 Å². The van der Waals surface area contributed by atoms with E-state index in [1.165, 1.54) is 0 Å². The van der Waals surface area contributed by atoms with Crippen LogP contribution in [0.3, 0.4) is 0 Å². The number of nitrogens with one attached hydrogen (secondary N) is 1. The first-order chi connectivity index (χ1) is 8.62. The Hall–Kier alpha value is -1.07. The lowest BCUT2D eigenvalue weighted by atomic mass is 10.2. The molecule has 0 spiro atoms. The summed E-state index contributed by atoms with van der Waals surface area (Å²) in [5.41, 5.74) is -1.16. The smallest absolute Gasteiger partial charge is 0.299 e. The van der Waals surface area contributed by atoms with Gasteiger partial charge in [-0.05, 0) is 53.9 Å². The van der Waals surface area contributed by atoms with Crippen LogP contribution in [0.2, 0.25) is 0 Å². The number of carbonyl (C=O) groups excluding carboxylic acids is 1. The van der Waals surface area contributed by atoms with Crippen LogP contribution in [0, 0.1) is 20.2 Å². The Balaban J connectivity index is 3.18. The highest BCUT2D eigenvalue weighted by molar-refractivity contribution is 9.40. The molecular formula is C8H4Br3N3O5. The summed E-state index contributed by atoms with van der Waals surface area (Å²) in [7, 11) is 0. The zero-order valence-corrected chi connectivity index (χ0v) is 13.6. The minimum atomic E-state index is -1.29. The minimum Gasteiger partial charge on any atom is -0.318 e. The number of hydrogen-bond acceptors (Lipinski definition) is 5. The number of nitrogens with zero attached hydrogens (tertiary/aromatic N) is 2. The molecule has 11 heteroatoms. The van der Waals surface area contributed by atoms with Gasteiger partial charge >= 0.3 is 0 Å². The van der Waals surface area contributed by atoms with E-state index in [1.807, 2.05) is 0 Å². The molecule has 1 aromatic rings. The average Bonchev–Trinajstić information content (AvgIpc) is 2.27. The van der Waals surface area contributed by atoms with E-state index in [2.05, 4.69) is 53.1 Å². The van der Waals surface area contributed by atoms with Gasteiger partial charge in [-0.1, -0.05) is 0 Å². The number of anilines is 1. The monoisotopic (exact) mass is 459 g/mol. The Morgan fingerprint density at radius 1 is 1.16 bits per heavy atom. The van der Waals surface area contributed by atoms with Crippen LogP contribution in [0.1, 0.15) is 0 Å². The predicted octanol–water partition coefficient (Wildman–Crippen LogP) is 3.28. The van der Waals surface area contributed by atoms with Gasteiger partial charge in [0.05, 0.1) is 15.9 Å². The predicted molar refractivity (Wildman–Crippen MR) is 77.9 cm³/mol. The highest BCUT2D eigenvalue weighted by atomic mass is 80.0. The van der Waals surface area contributed by atoms with Crippen molar-refractivity contribution in [3.63, 3.8) is 0 Å². The Bertz CT molecular complexity index is 557. The molecule has 102 valence electrons. The van der Waals surface area contributed by atoms with Crippen molar-refractivity contribution < 1.29 is 14.6 Å². The SMILES string of the molecule is O=C(Nc1ccc([N+](=O)[O-])cc1[N+](=O)[O-])C(Br)(Br)Br. The zero-order valence-electron chi connectivity index (χ0n) is 8.80. The molecule has 8 nitrogen and oxygen atoms in total. The number of rotatable bonds is 3. The summed E-state index contributed by atoms with van der Waals surface area (Å²) < 4.78 is -1.29. The maximum atomic E-state index is 11.6. The van der Waals surface area contributed by atoms with Gasteiger partial charge in [-0.15, -0.1) is 0 Å². The van der Waals surface area contributed by atoms with Crippen molar-refractivity contribution in [3.05, 3.63) is 38.4 Å². The van der Waals surface area contributed by atoms with Gasteiger partial charge < -0.3 is 5.32 Å². The van der Waals surface area contributed by atoms with E-state index in [9.17, 15) is 25.0 Å². The first-order valence-electron chi connectivity index (χ1n) is 4.44. The maximum absolute atomic E-state index is 11.6. The van der Waals surface area contributed by atoms with E-state index >= 15 is 0 Å². The summed E-state index contributed by atoms with van der Waals surface area (Å²) >= 11 is 8.83. The lowest BCUT2D eigenvalue weighted by Crippen LogP contribution is -2.25. The van der Waals surface area contributed by atoms with Crippen molar-refractivity contribution in [1.29, 1.82) is 0 Å². The topological polar surface area (TPSA) is 115 Å². The summed E-state index contributed by atoms with van der Waals surface area (Å²) in [5, 5.41) is 23.6. The van der Waals surface area contributed by atoms with Crippen molar-refractivity contribution >= 4 is 70.8 Å². The third-order valence-corrected chi connectivity index (χ3v) is 2.97. The number of nitro groups is 2. The minimum absolute atomic E-state index is 0.150. The third kappa shape index (κ3) is 4.21. The van der Waals surface area contributed by atoms with Crippen molar-refractivity contribution in [1.82, 2.24) is 0 Å². The number of nitro benzene ring substituents is 2. The van der Waals surface area contributed by atoms with Crippen LogP contribution in [0.25, 0.3) is 0 Å². The van der Waals surface area contributed by atoms with Gasteiger partial charge in [0.1, 0.15) is 5.69 Å². The Morgan fingerprint density at radius 3 is 2.16 bits per heavy atom. The highest BCUT2D eigenvalue weighted by Crippen LogP contribution is 2.36. The Morgan fingerprint density at radius 2 is 1.74 bits per heavy atom. The lowest BCUT2D eigenvalue weighted by molar-refractivity contribution is -0.393. The van der Waals surface area contributed by atoms with Crippen molar-refractivity contribution in [2.45, 2.75) is 2.14 Å². The standard InChI is InChI=1S/C8H4Br3N3O5/c9-8(10,11)7(15)12-5-2-1-4(13(16)17)3-6(5)14(18)19/h1-3H,(H,12,15). The second kappa shape index (κ2) is 5.92. The summed E-state index contributed by atoms with van der Waals surface area (Å²) in [5.74, 6) is -0.663. The first kappa shape index (κ1) is 16.0. The van der Waals surface area contributed by atoms with Crippen LogP contribution in [0.5, 0.6) is 0 Å². The molecule has 1 N–H and O–H groups in total. The Kier molecular flexibility index (Phi) is 4.98. The van der Waals surface area contributed by atoms with Crippen LogP contribution >= 0.6 is 47.8 Å². The molecule has 0 heterocycles. The Labute approximate surface area is 131 Å². The summed E-state index contributed by atoms with van der Waals surface area (Å²) in [6.45, 7) is 0. The molecule has 0 aliphatic carbocycles. The van der Waals surface area contributed by atoms with E-state index < -0.39 is 29.3 Å². The van der Waals surface area contributed by atoms with Gasteiger partial charge in [-0.2, -0.15) is 0 Å². The molecule has 0 saturated carbocycles. The van der Waals surface area contributed by atoms with Crippen LogP contribution in [0.4, 0.5) is 17.1 Å². The fourth-order valence-corrected chi connectivity index (χ4v) is 1.38. The fraction of sp³-hybridized carbons (Fsp3) is 0.125. The first-order valence-corrected chi connectivity index (χ1v) is 6.82. The molecule has 0 aliphatic rings. The van der Waals surface area contributed by atoms with E-state index in [-0.39, 0.29) is 5.69 Å². The molecule has 1 aromatic carbocycles. The number of alkyl halides is 3. The third-order valence-electron chi connectivity index (χ3n) is 1.89. The maximum Gasteiger partial charge on any atom is 0.299 e. The summed E-state index contributed by atoms with van der Waals surface area (Å²) in [4.78, 5) is 31.4. The van der Waals surface area contributed by atoms with Crippen molar-refractivity contribution in [2.75, 3.05) is 5.32 Å². The number of halogens is 3. The molecule has 0 aromatic heterocycles. The largest absolute Gasteiger partial charge is 0.318 e. The number of benzene rings is 1. The van der Waals surface area contributed by atoms with E-state index in [0.29, 0.717) is 0 Å². The van der Waals surface area contributed by atoms with Crippen LogP contribution < -0.4 is 5.32 Å². The molecule has 0 radical (unpaired) electrons. The molecule has 0 bridgehead atoms. The molecule has 0 atom stereocenters. The molecule has 1 rings (SSSR count). The second-order valence-corrected chi connectivity index (χ2v) is 9.93. The summed E-state index contributed by atoms with van der Waals surface area (Å²) in [6.07, 6.45) is 0. The lowest BCUT2D eigenvalue weighted by Gasteiger charge is -2.12. The van der Waals surface area contributed by atoms with Crippen LogP contribution in [-0.2, 0) is 4.79 Å². The van der Waals surface area contributed by atoms with Crippen LogP contribution in [-0.4, -0.2) is 17.9 Å². The molecule has 1 amide bonds. The fourth-order valence-electron chi connectivity index (χ4n) is 1.08. The normalized spacial score (nSPS) is 10.9. The van der Waals surface area contributed by atoms with Crippen LogP contribution in [0.15, 0.2) is 18.2 Å². The van der Waals surface area contributed by atoms with E-state index in [4.69, 9.17) is 0 Å². The van der Waals surface area contributed by atoms with Crippen molar-refractivity contribution in [2.24, 2.45) is 0 Å². The van der Waals surface area contributed by atoms with Gasteiger partial charge in [0.25, 0.3) is 17.3 Å². The van der Waals surface area contributed by atoms with Gasteiger partial charge in [-0.3, -0.25) is 25.0 Å². The quantitative estimate of drug-likeness (QED) is 0.421. The molecule has 0 unspecified atom stereocenters. The number of hydrogen-bond donors (Lipinski definition) is 1. The van der Waals surface area contributed by atoms with E-state index in [1.54, 1.807) is 0 Å². The van der Waals surface area contributed by atoms with Gasteiger partial charge in [0, 0.05) is 6.07 Å². The number of amides is 1. The van der Waals surface area contributed by atoms with Gasteiger partial charge in [0.2, 0.25) is 2.14 Å². The molecule has 19 heavy (non-hydrogen) atoms. The molecular weight excluding hydrogens is 458 g/mol. The highest BCUT2D eigenvalue weighted by Gasteiger charge is 2.31. The molecule has 0 aliphatic heterocycles. The van der Waals surface area contributed by atoms with Gasteiger partial charge in [0.15, 0.2) is 0 Å². The zero-order chi connectivity index (χ0) is 14.8. The average molecular weight is 462 g/mol. The summed E-state index contributed by atoms with van der Waals surface area (Å²) in [6, 6.07) is 2.92. The number of non-ortho nitro benzene ring substituents is 1. The molecule has 0 saturated heterocycles. The van der Waals surface area contributed by atoms with Crippen molar-refractivity contribution in [3.8, 4) is 0 Å². The van der Waals surface area contributed by atoms with Gasteiger partial charge in [-0.25, -0.2) is 0 Å². The molecule has 0 fully saturated rings.